The van der Waals surface area contributed by atoms with Crippen LogP contribution in [0.15, 0.2) is 35.7 Å². The van der Waals surface area contributed by atoms with Crippen molar-refractivity contribution in [1.29, 1.82) is 0 Å². The Morgan fingerprint density at radius 2 is 1.77 bits per heavy atom. The van der Waals surface area contributed by atoms with Crippen LogP contribution in [-0.4, -0.2) is 30.9 Å². The second kappa shape index (κ2) is 7.50. The van der Waals surface area contributed by atoms with Gasteiger partial charge in [0, 0.05) is 29.2 Å². The number of Topliss-reactive ketones (excluding diaryl/α,β-unsaturated/α-hetero) is 1. The first-order valence-electron chi connectivity index (χ1n) is 8.72. The molecule has 136 valence electrons. The van der Waals surface area contributed by atoms with Crippen molar-refractivity contribution in [3.8, 4) is 5.69 Å². The standard InChI is InChI=1S/C20H24N4OS/c1-6-23-12-21-22-20(23)26-11-19(25)18-10-15(4)24(16(18)5)17-8-13(2)7-14(3)9-17/h7-10,12H,6,11H2,1-5H3. The minimum absolute atomic E-state index is 0.115. The number of carbonyl (C=O) groups is 1. The number of aryl methyl sites for hydroxylation is 4. The van der Waals surface area contributed by atoms with E-state index in [2.05, 4.69) is 46.8 Å². The van der Waals surface area contributed by atoms with Crippen LogP contribution in [0, 0.1) is 27.7 Å². The average molecular weight is 369 g/mol. The fraction of sp³-hybridized carbons (Fsp3) is 0.350. The summed E-state index contributed by atoms with van der Waals surface area (Å²) in [5.74, 6) is 0.472. The van der Waals surface area contributed by atoms with E-state index in [0.29, 0.717) is 5.75 Å². The van der Waals surface area contributed by atoms with Gasteiger partial charge in [-0.25, -0.2) is 0 Å². The zero-order valence-corrected chi connectivity index (χ0v) is 16.7. The fourth-order valence-corrected chi connectivity index (χ4v) is 4.17. The predicted molar refractivity (Wildman–Crippen MR) is 105 cm³/mol. The Bertz CT molecular complexity index is 935. The molecule has 2 aromatic heterocycles. The first kappa shape index (κ1) is 18.5. The van der Waals surface area contributed by atoms with E-state index >= 15 is 0 Å². The van der Waals surface area contributed by atoms with Crippen molar-refractivity contribution in [2.45, 2.75) is 46.3 Å². The molecule has 0 atom stereocenters. The lowest BCUT2D eigenvalue weighted by Crippen LogP contribution is -2.07. The second-order valence-electron chi connectivity index (χ2n) is 6.58. The number of carbonyl (C=O) groups excluding carboxylic acids is 1. The summed E-state index contributed by atoms with van der Waals surface area (Å²) in [5.41, 5.74) is 6.36. The molecule has 3 aromatic rings. The van der Waals surface area contributed by atoms with E-state index in [9.17, 15) is 4.79 Å². The van der Waals surface area contributed by atoms with Crippen molar-refractivity contribution in [2.24, 2.45) is 0 Å². The molecule has 6 heteroatoms. The number of aromatic nitrogens is 4. The molecule has 0 saturated heterocycles. The number of rotatable bonds is 6. The largest absolute Gasteiger partial charge is 0.318 e. The smallest absolute Gasteiger partial charge is 0.191 e. The first-order chi connectivity index (χ1) is 12.4. The summed E-state index contributed by atoms with van der Waals surface area (Å²) in [6, 6.07) is 8.45. The van der Waals surface area contributed by atoms with Crippen LogP contribution < -0.4 is 0 Å². The molecule has 0 radical (unpaired) electrons. The summed E-state index contributed by atoms with van der Waals surface area (Å²) in [7, 11) is 0. The molecule has 0 unspecified atom stereocenters. The molecule has 0 spiro atoms. The minimum Gasteiger partial charge on any atom is -0.318 e. The number of benzene rings is 1. The molecule has 3 rings (SSSR count). The Morgan fingerprint density at radius 3 is 2.42 bits per heavy atom. The topological polar surface area (TPSA) is 52.7 Å². The van der Waals surface area contributed by atoms with Crippen molar-refractivity contribution >= 4 is 17.5 Å². The summed E-state index contributed by atoms with van der Waals surface area (Å²) in [6.45, 7) is 11.1. The highest BCUT2D eigenvalue weighted by Crippen LogP contribution is 2.25. The third kappa shape index (κ3) is 3.60. The van der Waals surface area contributed by atoms with Crippen molar-refractivity contribution in [3.05, 3.63) is 58.7 Å². The van der Waals surface area contributed by atoms with Crippen LogP contribution in [0.25, 0.3) is 5.69 Å². The van der Waals surface area contributed by atoms with Gasteiger partial charge in [0.1, 0.15) is 6.33 Å². The van der Waals surface area contributed by atoms with Gasteiger partial charge in [0.15, 0.2) is 10.9 Å². The molecule has 2 heterocycles. The summed E-state index contributed by atoms with van der Waals surface area (Å²) >= 11 is 1.44. The van der Waals surface area contributed by atoms with Crippen LogP contribution in [0.1, 0.15) is 39.8 Å². The highest BCUT2D eigenvalue weighted by Gasteiger charge is 2.18. The van der Waals surface area contributed by atoms with Crippen molar-refractivity contribution in [1.82, 2.24) is 19.3 Å². The van der Waals surface area contributed by atoms with E-state index in [1.165, 1.54) is 22.9 Å². The van der Waals surface area contributed by atoms with Crippen molar-refractivity contribution < 1.29 is 4.79 Å². The van der Waals surface area contributed by atoms with Gasteiger partial charge in [-0.05, 0) is 63.9 Å². The zero-order chi connectivity index (χ0) is 18.8. The van der Waals surface area contributed by atoms with Crippen LogP contribution >= 0.6 is 11.8 Å². The minimum atomic E-state index is 0.115. The summed E-state index contributed by atoms with van der Waals surface area (Å²) < 4.78 is 4.10. The van der Waals surface area contributed by atoms with Crippen LogP contribution in [0.4, 0.5) is 0 Å². The summed E-state index contributed by atoms with van der Waals surface area (Å²) in [6.07, 6.45) is 1.69. The third-order valence-electron chi connectivity index (χ3n) is 4.45. The molecule has 1 aromatic carbocycles. The number of thioether (sulfide) groups is 1. The number of hydrogen-bond acceptors (Lipinski definition) is 4. The maximum absolute atomic E-state index is 12.8. The first-order valence-corrected chi connectivity index (χ1v) is 9.70. The lowest BCUT2D eigenvalue weighted by atomic mass is 10.1. The maximum Gasteiger partial charge on any atom is 0.191 e. The number of hydrogen-bond donors (Lipinski definition) is 0. The van der Waals surface area contributed by atoms with Gasteiger partial charge in [-0.2, -0.15) is 0 Å². The van der Waals surface area contributed by atoms with Gasteiger partial charge in [-0.3, -0.25) is 4.79 Å². The normalized spacial score (nSPS) is 11.1. The third-order valence-corrected chi connectivity index (χ3v) is 5.43. The molecule has 0 bridgehead atoms. The Kier molecular flexibility index (Phi) is 5.32. The average Bonchev–Trinajstić information content (AvgIpc) is 3.15. The van der Waals surface area contributed by atoms with E-state index < -0.39 is 0 Å². The highest BCUT2D eigenvalue weighted by atomic mass is 32.2. The van der Waals surface area contributed by atoms with Gasteiger partial charge >= 0.3 is 0 Å². The van der Waals surface area contributed by atoms with Gasteiger partial charge in [-0.1, -0.05) is 17.8 Å². The molecule has 0 aliphatic heterocycles. The Morgan fingerprint density at radius 1 is 1.08 bits per heavy atom. The highest BCUT2D eigenvalue weighted by molar-refractivity contribution is 7.99. The Balaban J connectivity index is 1.86. The van der Waals surface area contributed by atoms with E-state index in [1.54, 1.807) is 6.33 Å². The van der Waals surface area contributed by atoms with Crippen molar-refractivity contribution in [2.75, 3.05) is 5.75 Å². The molecule has 0 aliphatic carbocycles. The SMILES string of the molecule is CCn1cnnc1SCC(=O)c1cc(C)n(-c2cc(C)cc(C)c2)c1C. The molecule has 0 N–H and O–H groups in total. The lowest BCUT2D eigenvalue weighted by molar-refractivity contribution is 0.102. The number of ketones is 1. The van der Waals surface area contributed by atoms with Gasteiger partial charge < -0.3 is 9.13 Å². The Hall–Kier alpha value is -2.34. The molecule has 0 saturated carbocycles. The number of nitrogens with zero attached hydrogens (tertiary/aromatic N) is 4. The molecule has 0 fully saturated rings. The zero-order valence-electron chi connectivity index (χ0n) is 15.9. The van der Waals surface area contributed by atoms with Crippen LogP contribution in [0.2, 0.25) is 0 Å². The van der Waals surface area contributed by atoms with Crippen LogP contribution in [0.3, 0.4) is 0 Å². The van der Waals surface area contributed by atoms with Gasteiger partial charge in [0.2, 0.25) is 0 Å². The quantitative estimate of drug-likeness (QED) is 0.481. The molecule has 0 aliphatic rings. The van der Waals surface area contributed by atoms with Crippen LogP contribution in [0.5, 0.6) is 0 Å². The van der Waals surface area contributed by atoms with E-state index in [4.69, 9.17) is 0 Å². The van der Waals surface area contributed by atoms with Crippen LogP contribution in [-0.2, 0) is 6.54 Å². The van der Waals surface area contributed by atoms with Gasteiger partial charge in [0.25, 0.3) is 0 Å². The maximum atomic E-state index is 12.8. The van der Waals surface area contributed by atoms with Gasteiger partial charge in [-0.15, -0.1) is 10.2 Å². The second-order valence-corrected chi connectivity index (χ2v) is 7.52. The molecule has 0 amide bonds. The van der Waals surface area contributed by atoms with E-state index in [-0.39, 0.29) is 5.78 Å². The summed E-state index contributed by atoms with van der Waals surface area (Å²) in [4.78, 5) is 12.8. The van der Waals surface area contributed by atoms with Crippen molar-refractivity contribution in [3.63, 3.8) is 0 Å². The molecular formula is C20H24N4OS. The van der Waals surface area contributed by atoms with E-state index in [0.717, 1.165) is 34.3 Å². The monoisotopic (exact) mass is 368 g/mol. The molecule has 26 heavy (non-hydrogen) atoms. The molecular weight excluding hydrogens is 344 g/mol. The molecule has 5 nitrogen and oxygen atoms in total. The summed E-state index contributed by atoms with van der Waals surface area (Å²) in [5, 5.41) is 8.78. The fourth-order valence-electron chi connectivity index (χ4n) is 3.30. The lowest BCUT2D eigenvalue weighted by Gasteiger charge is -2.12. The Labute approximate surface area is 158 Å². The van der Waals surface area contributed by atoms with Gasteiger partial charge in [0.05, 0.1) is 5.75 Å². The predicted octanol–water partition coefficient (Wildman–Crippen LogP) is 4.30. The van der Waals surface area contributed by atoms with E-state index in [1.807, 2.05) is 31.4 Å².